The Balaban J connectivity index is 2.21. The topological polar surface area (TPSA) is 13.1 Å². The molecule has 0 aliphatic rings. The molecule has 0 N–H and O–H groups in total. The first-order valence-corrected chi connectivity index (χ1v) is 6.54. The molecule has 0 fully saturated rings. The zero-order valence-corrected chi connectivity index (χ0v) is 11.0. The van der Waals surface area contributed by atoms with E-state index in [0.29, 0.717) is 0 Å². The Hall–Kier alpha value is -2.28. The van der Waals surface area contributed by atoms with Crippen molar-refractivity contribution in [3.63, 3.8) is 0 Å². The SMILES string of the molecule is Cc1ccc2cc3oc4ccc(C)cc4c3cc2c1. The molecule has 3 aromatic carbocycles. The van der Waals surface area contributed by atoms with Gasteiger partial charge in [0.05, 0.1) is 0 Å². The summed E-state index contributed by atoms with van der Waals surface area (Å²) in [5, 5.41) is 4.92. The van der Waals surface area contributed by atoms with Gasteiger partial charge in [0.2, 0.25) is 0 Å². The predicted molar refractivity (Wildman–Crippen MR) is 80.7 cm³/mol. The second kappa shape index (κ2) is 3.61. The molecule has 0 bridgehead atoms. The first-order valence-electron chi connectivity index (χ1n) is 6.54. The van der Waals surface area contributed by atoms with Crippen molar-refractivity contribution in [1.82, 2.24) is 0 Å². The molecule has 0 atom stereocenters. The smallest absolute Gasteiger partial charge is 0.136 e. The van der Waals surface area contributed by atoms with Crippen molar-refractivity contribution in [2.24, 2.45) is 0 Å². The molecule has 1 nitrogen and oxygen atoms in total. The first-order chi connectivity index (χ1) is 9.20. The van der Waals surface area contributed by atoms with Gasteiger partial charge in [0, 0.05) is 10.8 Å². The number of benzene rings is 3. The summed E-state index contributed by atoms with van der Waals surface area (Å²) >= 11 is 0. The van der Waals surface area contributed by atoms with Gasteiger partial charge in [-0.1, -0.05) is 35.4 Å². The van der Waals surface area contributed by atoms with Gasteiger partial charge in [-0.25, -0.2) is 0 Å². The van der Waals surface area contributed by atoms with E-state index in [1.165, 1.54) is 32.7 Å². The van der Waals surface area contributed by atoms with E-state index in [4.69, 9.17) is 4.42 Å². The molecule has 19 heavy (non-hydrogen) atoms. The Bertz CT molecular complexity index is 923. The van der Waals surface area contributed by atoms with E-state index < -0.39 is 0 Å². The van der Waals surface area contributed by atoms with Crippen LogP contribution in [0.2, 0.25) is 0 Å². The van der Waals surface area contributed by atoms with Gasteiger partial charge >= 0.3 is 0 Å². The van der Waals surface area contributed by atoms with Crippen LogP contribution in [0.25, 0.3) is 32.7 Å². The van der Waals surface area contributed by atoms with Crippen molar-refractivity contribution in [1.29, 1.82) is 0 Å². The minimum Gasteiger partial charge on any atom is -0.456 e. The van der Waals surface area contributed by atoms with Crippen molar-refractivity contribution >= 4 is 32.7 Å². The van der Waals surface area contributed by atoms with Gasteiger partial charge < -0.3 is 4.42 Å². The molecule has 92 valence electrons. The lowest BCUT2D eigenvalue weighted by atomic mass is 10.0. The largest absolute Gasteiger partial charge is 0.456 e. The van der Waals surface area contributed by atoms with Crippen LogP contribution < -0.4 is 0 Å². The van der Waals surface area contributed by atoms with Gasteiger partial charge in [-0.15, -0.1) is 0 Å². The fourth-order valence-corrected chi connectivity index (χ4v) is 2.75. The molecule has 0 amide bonds. The van der Waals surface area contributed by atoms with Crippen LogP contribution >= 0.6 is 0 Å². The van der Waals surface area contributed by atoms with Crippen molar-refractivity contribution in [2.75, 3.05) is 0 Å². The zero-order chi connectivity index (χ0) is 13.0. The van der Waals surface area contributed by atoms with Gasteiger partial charge in [-0.3, -0.25) is 0 Å². The van der Waals surface area contributed by atoms with Gasteiger partial charge in [-0.2, -0.15) is 0 Å². The van der Waals surface area contributed by atoms with Gasteiger partial charge in [0.15, 0.2) is 0 Å². The molecule has 0 spiro atoms. The summed E-state index contributed by atoms with van der Waals surface area (Å²) in [6.45, 7) is 4.24. The quantitative estimate of drug-likeness (QED) is 0.407. The van der Waals surface area contributed by atoms with Crippen molar-refractivity contribution in [3.8, 4) is 0 Å². The van der Waals surface area contributed by atoms with E-state index in [1.807, 2.05) is 0 Å². The molecular weight excluding hydrogens is 232 g/mol. The van der Waals surface area contributed by atoms with Crippen LogP contribution in [0.15, 0.2) is 52.9 Å². The third-order valence-corrected chi connectivity index (χ3v) is 3.74. The molecule has 0 aliphatic heterocycles. The lowest BCUT2D eigenvalue weighted by Gasteiger charge is -1.99. The highest BCUT2D eigenvalue weighted by molar-refractivity contribution is 6.10. The highest BCUT2D eigenvalue weighted by Crippen LogP contribution is 2.32. The lowest BCUT2D eigenvalue weighted by Crippen LogP contribution is -1.76. The summed E-state index contributed by atoms with van der Waals surface area (Å²) < 4.78 is 5.95. The Morgan fingerprint density at radius 3 is 2.26 bits per heavy atom. The van der Waals surface area contributed by atoms with Crippen LogP contribution in [0.1, 0.15) is 11.1 Å². The number of hydrogen-bond acceptors (Lipinski definition) is 1. The average molecular weight is 246 g/mol. The van der Waals surface area contributed by atoms with Crippen LogP contribution in [0.3, 0.4) is 0 Å². The Morgan fingerprint density at radius 1 is 0.632 bits per heavy atom. The molecule has 4 rings (SSSR count). The zero-order valence-electron chi connectivity index (χ0n) is 11.0. The number of fused-ring (bicyclic) bond motifs is 4. The maximum Gasteiger partial charge on any atom is 0.136 e. The molecule has 1 aromatic heterocycles. The van der Waals surface area contributed by atoms with E-state index in [-0.39, 0.29) is 0 Å². The highest BCUT2D eigenvalue weighted by atomic mass is 16.3. The average Bonchev–Trinajstić information content (AvgIpc) is 2.73. The van der Waals surface area contributed by atoms with Crippen molar-refractivity contribution in [2.45, 2.75) is 13.8 Å². The van der Waals surface area contributed by atoms with Gasteiger partial charge in [-0.05, 0) is 48.9 Å². The van der Waals surface area contributed by atoms with Crippen LogP contribution in [-0.2, 0) is 0 Å². The standard InChI is InChI=1S/C18H14O/c1-11-3-5-13-10-18-16(9-14(13)7-11)15-8-12(2)4-6-17(15)19-18/h3-10H,1-2H3. The first kappa shape index (κ1) is 10.6. The monoisotopic (exact) mass is 246 g/mol. The van der Waals surface area contributed by atoms with Crippen LogP contribution in [0.4, 0.5) is 0 Å². The maximum atomic E-state index is 5.95. The summed E-state index contributed by atoms with van der Waals surface area (Å²) in [6.07, 6.45) is 0. The molecule has 0 radical (unpaired) electrons. The van der Waals surface area contributed by atoms with Crippen LogP contribution in [-0.4, -0.2) is 0 Å². The van der Waals surface area contributed by atoms with Gasteiger partial charge in [0.1, 0.15) is 11.2 Å². The normalized spacial score (nSPS) is 11.7. The second-order valence-electron chi connectivity index (χ2n) is 5.30. The van der Waals surface area contributed by atoms with Crippen LogP contribution in [0, 0.1) is 13.8 Å². The van der Waals surface area contributed by atoms with E-state index in [0.717, 1.165) is 11.2 Å². The number of rotatable bonds is 0. The summed E-state index contributed by atoms with van der Waals surface area (Å²) in [5.41, 5.74) is 4.49. The number of furan rings is 1. The molecule has 1 heterocycles. The lowest BCUT2D eigenvalue weighted by molar-refractivity contribution is 0.669. The fraction of sp³-hybridized carbons (Fsp3) is 0.111. The summed E-state index contributed by atoms with van der Waals surface area (Å²) in [5.74, 6) is 0. The summed E-state index contributed by atoms with van der Waals surface area (Å²) in [4.78, 5) is 0. The molecule has 1 heteroatoms. The minimum atomic E-state index is 0.965. The second-order valence-corrected chi connectivity index (χ2v) is 5.30. The van der Waals surface area contributed by atoms with E-state index in [1.54, 1.807) is 0 Å². The number of hydrogen-bond donors (Lipinski definition) is 0. The Labute approximate surface area is 111 Å². The predicted octanol–water partition coefficient (Wildman–Crippen LogP) is 5.36. The molecular formula is C18H14O. The molecule has 4 aromatic rings. The maximum absolute atomic E-state index is 5.95. The molecule has 0 aliphatic carbocycles. The minimum absolute atomic E-state index is 0.965. The van der Waals surface area contributed by atoms with Crippen molar-refractivity contribution < 1.29 is 4.42 Å². The summed E-state index contributed by atoms with van der Waals surface area (Å²) in [6, 6.07) is 17.2. The Morgan fingerprint density at radius 2 is 1.37 bits per heavy atom. The molecule has 0 saturated heterocycles. The van der Waals surface area contributed by atoms with E-state index in [9.17, 15) is 0 Å². The summed E-state index contributed by atoms with van der Waals surface area (Å²) in [7, 11) is 0. The van der Waals surface area contributed by atoms with Crippen LogP contribution in [0.5, 0.6) is 0 Å². The third-order valence-electron chi connectivity index (χ3n) is 3.74. The Kier molecular flexibility index (Phi) is 2.02. The van der Waals surface area contributed by atoms with E-state index >= 15 is 0 Å². The van der Waals surface area contributed by atoms with Crippen molar-refractivity contribution in [3.05, 3.63) is 59.7 Å². The fourth-order valence-electron chi connectivity index (χ4n) is 2.75. The van der Waals surface area contributed by atoms with E-state index in [2.05, 4.69) is 62.4 Å². The van der Waals surface area contributed by atoms with Gasteiger partial charge in [0.25, 0.3) is 0 Å². The highest BCUT2D eigenvalue weighted by Gasteiger charge is 2.08. The molecule has 0 unspecified atom stereocenters. The number of aryl methyl sites for hydroxylation is 2. The molecule has 0 saturated carbocycles. The third kappa shape index (κ3) is 1.55.